The van der Waals surface area contributed by atoms with Crippen molar-refractivity contribution in [1.29, 1.82) is 0 Å². The molecule has 0 aromatic heterocycles. The SMILES string of the molecule is CCNC(=NCCN(C)C(C)C)NCCOC. The van der Waals surface area contributed by atoms with Crippen molar-refractivity contribution in [3.8, 4) is 0 Å². The predicted octanol–water partition coefficient (Wildman–Crippen LogP) is 0.528. The van der Waals surface area contributed by atoms with Gasteiger partial charge in [-0.3, -0.25) is 4.99 Å². The van der Waals surface area contributed by atoms with Gasteiger partial charge in [0.2, 0.25) is 0 Å². The van der Waals surface area contributed by atoms with E-state index >= 15 is 0 Å². The Kier molecular flexibility index (Phi) is 9.86. The highest BCUT2D eigenvalue weighted by Gasteiger charge is 2.02. The van der Waals surface area contributed by atoms with Crippen LogP contribution in [0.5, 0.6) is 0 Å². The fourth-order valence-electron chi connectivity index (χ4n) is 1.19. The lowest BCUT2D eigenvalue weighted by atomic mass is 10.3. The van der Waals surface area contributed by atoms with E-state index in [2.05, 4.69) is 48.3 Å². The zero-order valence-corrected chi connectivity index (χ0v) is 11.9. The first-order chi connectivity index (χ1) is 8.11. The van der Waals surface area contributed by atoms with Crippen LogP contribution in [-0.4, -0.2) is 63.8 Å². The largest absolute Gasteiger partial charge is 0.383 e. The molecule has 0 aromatic rings. The molecule has 102 valence electrons. The summed E-state index contributed by atoms with van der Waals surface area (Å²) >= 11 is 0. The summed E-state index contributed by atoms with van der Waals surface area (Å²) in [4.78, 5) is 6.78. The van der Waals surface area contributed by atoms with Gasteiger partial charge in [-0.25, -0.2) is 0 Å². The van der Waals surface area contributed by atoms with E-state index in [1.165, 1.54) is 0 Å². The number of guanidine groups is 1. The molecular formula is C12H28N4O. The van der Waals surface area contributed by atoms with E-state index in [1.807, 2.05) is 0 Å². The molecule has 0 unspecified atom stereocenters. The summed E-state index contributed by atoms with van der Waals surface area (Å²) in [5.74, 6) is 0.863. The van der Waals surface area contributed by atoms with Gasteiger partial charge < -0.3 is 20.3 Å². The molecule has 17 heavy (non-hydrogen) atoms. The van der Waals surface area contributed by atoms with Gasteiger partial charge in [-0.15, -0.1) is 0 Å². The van der Waals surface area contributed by atoms with Crippen molar-refractivity contribution in [1.82, 2.24) is 15.5 Å². The van der Waals surface area contributed by atoms with E-state index in [-0.39, 0.29) is 0 Å². The molecule has 0 aliphatic carbocycles. The lowest BCUT2D eigenvalue weighted by Gasteiger charge is -2.20. The predicted molar refractivity (Wildman–Crippen MR) is 73.6 cm³/mol. The maximum absolute atomic E-state index is 4.99. The first-order valence-corrected chi connectivity index (χ1v) is 6.33. The number of ether oxygens (including phenoxy) is 1. The highest BCUT2D eigenvalue weighted by molar-refractivity contribution is 5.79. The maximum Gasteiger partial charge on any atom is 0.191 e. The number of aliphatic imine (C=N–C) groups is 1. The Morgan fingerprint density at radius 3 is 2.59 bits per heavy atom. The smallest absolute Gasteiger partial charge is 0.191 e. The normalized spacial score (nSPS) is 12.3. The molecule has 5 nitrogen and oxygen atoms in total. The molecule has 0 heterocycles. The number of hydrogen-bond acceptors (Lipinski definition) is 3. The van der Waals surface area contributed by atoms with Gasteiger partial charge in [0, 0.05) is 32.8 Å². The van der Waals surface area contributed by atoms with Crippen LogP contribution >= 0.6 is 0 Å². The summed E-state index contributed by atoms with van der Waals surface area (Å²) in [6, 6.07) is 0.564. The van der Waals surface area contributed by atoms with Crippen molar-refractivity contribution in [3.63, 3.8) is 0 Å². The van der Waals surface area contributed by atoms with E-state index in [0.29, 0.717) is 12.6 Å². The molecule has 0 saturated heterocycles. The fourth-order valence-corrected chi connectivity index (χ4v) is 1.19. The summed E-state index contributed by atoms with van der Waals surface area (Å²) in [6.45, 7) is 10.6. The molecule has 0 aromatic carbocycles. The Balaban J connectivity index is 3.93. The Bertz CT molecular complexity index is 207. The third-order valence-corrected chi connectivity index (χ3v) is 2.55. The molecule has 0 fully saturated rings. The standard InChI is InChI=1S/C12H28N4O/c1-6-13-12(15-8-10-17-5)14-7-9-16(4)11(2)3/h11H,6-10H2,1-5H3,(H2,13,14,15). The average molecular weight is 244 g/mol. The molecule has 0 aliphatic heterocycles. The van der Waals surface area contributed by atoms with Crippen molar-refractivity contribution >= 4 is 5.96 Å². The van der Waals surface area contributed by atoms with E-state index in [4.69, 9.17) is 4.74 Å². The molecule has 0 atom stereocenters. The summed E-state index contributed by atoms with van der Waals surface area (Å²) in [7, 11) is 3.81. The summed E-state index contributed by atoms with van der Waals surface area (Å²) in [6.07, 6.45) is 0. The number of nitrogens with one attached hydrogen (secondary N) is 2. The van der Waals surface area contributed by atoms with Crippen LogP contribution in [0.25, 0.3) is 0 Å². The van der Waals surface area contributed by atoms with Crippen LogP contribution in [-0.2, 0) is 4.74 Å². The Hall–Kier alpha value is -0.810. The van der Waals surface area contributed by atoms with Crippen molar-refractivity contribution in [2.24, 2.45) is 4.99 Å². The van der Waals surface area contributed by atoms with Gasteiger partial charge in [0.15, 0.2) is 5.96 Å². The van der Waals surface area contributed by atoms with Crippen LogP contribution in [0.2, 0.25) is 0 Å². The van der Waals surface area contributed by atoms with E-state index in [0.717, 1.165) is 32.1 Å². The second-order valence-electron chi connectivity index (χ2n) is 4.25. The molecule has 5 heteroatoms. The topological polar surface area (TPSA) is 48.9 Å². The van der Waals surface area contributed by atoms with Gasteiger partial charge in [0.1, 0.15) is 0 Å². The van der Waals surface area contributed by atoms with Crippen LogP contribution in [0.1, 0.15) is 20.8 Å². The average Bonchev–Trinajstić information content (AvgIpc) is 2.29. The monoisotopic (exact) mass is 244 g/mol. The Morgan fingerprint density at radius 1 is 1.35 bits per heavy atom. The molecule has 0 bridgehead atoms. The second kappa shape index (κ2) is 10.4. The lowest BCUT2D eigenvalue weighted by molar-refractivity contribution is 0.203. The number of nitrogens with zero attached hydrogens (tertiary/aromatic N) is 2. The first-order valence-electron chi connectivity index (χ1n) is 6.33. The Morgan fingerprint density at radius 2 is 2.06 bits per heavy atom. The van der Waals surface area contributed by atoms with Gasteiger partial charge in [0.05, 0.1) is 13.2 Å². The van der Waals surface area contributed by atoms with Crippen LogP contribution in [0, 0.1) is 0 Å². The van der Waals surface area contributed by atoms with Crippen molar-refractivity contribution in [2.75, 3.05) is 46.9 Å². The third-order valence-electron chi connectivity index (χ3n) is 2.55. The van der Waals surface area contributed by atoms with E-state index in [1.54, 1.807) is 7.11 Å². The second-order valence-corrected chi connectivity index (χ2v) is 4.25. The van der Waals surface area contributed by atoms with Crippen molar-refractivity contribution in [2.45, 2.75) is 26.8 Å². The number of methoxy groups -OCH3 is 1. The highest BCUT2D eigenvalue weighted by atomic mass is 16.5. The molecule has 0 aliphatic rings. The van der Waals surface area contributed by atoms with Crippen LogP contribution in [0.3, 0.4) is 0 Å². The number of rotatable bonds is 8. The summed E-state index contributed by atoms with van der Waals surface area (Å²) < 4.78 is 4.99. The quantitative estimate of drug-likeness (QED) is 0.371. The third kappa shape index (κ3) is 8.94. The summed E-state index contributed by atoms with van der Waals surface area (Å²) in [5.41, 5.74) is 0. The maximum atomic E-state index is 4.99. The molecule has 0 rings (SSSR count). The minimum atomic E-state index is 0.564. The fraction of sp³-hybridized carbons (Fsp3) is 0.917. The van der Waals surface area contributed by atoms with Crippen LogP contribution in [0.4, 0.5) is 0 Å². The minimum Gasteiger partial charge on any atom is -0.383 e. The highest BCUT2D eigenvalue weighted by Crippen LogP contribution is 1.92. The summed E-state index contributed by atoms with van der Waals surface area (Å²) in [5, 5.41) is 6.43. The van der Waals surface area contributed by atoms with Crippen LogP contribution < -0.4 is 10.6 Å². The van der Waals surface area contributed by atoms with Crippen molar-refractivity contribution in [3.05, 3.63) is 0 Å². The zero-order chi connectivity index (χ0) is 13.1. The molecule has 0 radical (unpaired) electrons. The lowest BCUT2D eigenvalue weighted by Crippen LogP contribution is -2.39. The first kappa shape index (κ1) is 16.2. The number of hydrogen-bond donors (Lipinski definition) is 2. The molecule has 0 amide bonds. The van der Waals surface area contributed by atoms with Gasteiger partial charge in [-0.1, -0.05) is 0 Å². The van der Waals surface area contributed by atoms with E-state index < -0.39 is 0 Å². The van der Waals surface area contributed by atoms with Gasteiger partial charge in [-0.2, -0.15) is 0 Å². The van der Waals surface area contributed by atoms with Crippen LogP contribution in [0.15, 0.2) is 4.99 Å². The van der Waals surface area contributed by atoms with Crippen molar-refractivity contribution < 1.29 is 4.74 Å². The molecule has 2 N–H and O–H groups in total. The van der Waals surface area contributed by atoms with Gasteiger partial charge in [-0.05, 0) is 27.8 Å². The van der Waals surface area contributed by atoms with Gasteiger partial charge in [0.25, 0.3) is 0 Å². The molecule has 0 spiro atoms. The Labute approximate surface area is 106 Å². The molecular weight excluding hydrogens is 216 g/mol. The molecule has 0 saturated carbocycles. The van der Waals surface area contributed by atoms with E-state index in [9.17, 15) is 0 Å². The number of likely N-dealkylation sites (N-methyl/N-ethyl adjacent to an activating group) is 1. The van der Waals surface area contributed by atoms with Gasteiger partial charge >= 0.3 is 0 Å². The zero-order valence-electron chi connectivity index (χ0n) is 11.9. The minimum absolute atomic E-state index is 0.564.